The Morgan fingerprint density at radius 2 is 1.53 bits per heavy atom. The molecule has 2 atom stereocenters. The van der Waals surface area contributed by atoms with Gasteiger partial charge in [0.25, 0.3) is 0 Å². The minimum atomic E-state index is -0.905. The second-order valence-corrected chi connectivity index (χ2v) is 4.46. The maximum atomic E-state index is 12.0. The molecule has 4 nitrogen and oxygen atoms in total. The number of carbonyl (C=O) groups excluding carboxylic acids is 1. The van der Waals surface area contributed by atoms with E-state index in [-0.39, 0.29) is 6.03 Å². The Morgan fingerprint density at radius 3 is 2.16 bits per heavy atom. The molecule has 2 aromatic carbocycles. The normalized spacial score (nSPS) is 22.4. The molecule has 1 heterocycles. The van der Waals surface area contributed by atoms with Crippen molar-refractivity contribution in [2.45, 2.75) is 12.3 Å². The van der Waals surface area contributed by atoms with Crippen molar-refractivity contribution in [1.82, 2.24) is 5.32 Å². The molecule has 1 fully saturated rings. The summed E-state index contributed by atoms with van der Waals surface area (Å²) < 4.78 is 0. The third kappa shape index (κ3) is 2.06. The van der Waals surface area contributed by atoms with Crippen molar-refractivity contribution in [3.63, 3.8) is 0 Å². The third-order valence-electron chi connectivity index (χ3n) is 3.25. The maximum absolute atomic E-state index is 12.0. The minimum Gasteiger partial charge on any atom is -0.371 e. The molecule has 2 aromatic rings. The predicted molar refractivity (Wildman–Crippen MR) is 72.6 cm³/mol. The van der Waals surface area contributed by atoms with Gasteiger partial charge in [-0.3, -0.25) is 4.90 Å². The zero-order valence-electron chi connectivity index (χ0n) is 10.2. The second kappa shape index (κ2) is 4.74. The average Bonchev–Trinajstić information content (AvgIpc) is 2.76. The Morgan fingerprint density at radius 1 is 0.947 bits per heavy atom. The Labute approximate surface area is 111 Å². The molecule has 0 saturated carbocycles. The van der Waals surface area contributed by atoms with E-state index >= 15 is 0 Å². The van der Waals surface area contributed by atoms with Gasteiger partial charge in [0.05, 0.1) is 0 Å². The van der Waals surface area contributed by atoms with Gasteiger partial charge in [0, 0.05) is 5.69 Å². The van der Waals surface area contributed by atoms with Gasteiger partial charge >= 0.3 is 6.03 Å². The van der Waals surface area contributed by atoms with Crippen LogP contribution in [0.3, 0.4) is 0 Å². The third-order valence-corrected chi connectivity index (χ3v) is 3.25. The van der Waals surface area contributed by atoms with Crippen LogP contribution in [0.2, 0.25) is 0 Å². The number of anilines is 1. The lowest BCUT2D eigenvalue weighted by molar-refractivity contribution is 0.161. The molecule has 0 unspecified atom stereocenters. The van der Waals surface area contributed by atoms with Gasteiger partial charge in [0.15, 0.2) is 6.23 Å². The first-order valence-electron chi connectivity index (χ1n) is 6.15. The molecule has 1 aliphatic heterocycles. The molecule has 2 N–H and O–H groups in total. The number of benzene rings is 2. The highest BCUT2D eigenvalue weighted by Crippen LogP contribution is 2.29. The lowest BCUT2D eigenvalue weighted by Crippen LogP contribution is -2.34. The lowest BCUT2D eigenvalue weighted by Gasteiger charge is -2.21. The van der Waals surface area contributed by atoms with Crippen molar-refractivity contribution < 1.29 is 9.90 Å². The highest BCUT2D eigenvalue weighted by atomic mass is 16.3. The first-order chi connectivity index (χ1) is 9.27. The van der Waals surface area contributed by atoms with Crippen LogP contribution in [-0.2, 0) is 0 Å². The van der Waals surface area contributed by atoms with Crippen LogP contribution in [0, 0.1) is 0 Å². The van der Waals surface area contributed by atoms with Gasteiger partial charge < -0.3 is 10.4 Å². The Kier molecular flexibility index (Phi) is 2.93. The molecule has 0 aliphatic carbocycles. The van der Waals surface area contributed by atoms with Gasteiger partial charge in [-0.05, 0) is 17.7 Å². The summed E-state index contributed by atoms with van der Waals surface area (Å²) in [6, 6.07) is 17.9. The molecule has 0 aromatic heterocycles. The minimum absolute atomic E-state index is 0.285. The quantitative estimate of drug-likeness (QED) is 0.863. The van der Waals surface area contributed by atoms with Crippen LogP contribution in [0.15, 0.2) is 60.7 Å². The zero-order valence-corrected chi connectivity index (χ0v) is 10.2. The topological polar surface area (TPSA) is 52.6 Å². The number of rotatable bonds is 2. The number of amides is 2. The highest BCUT2D eigenvalue weighted by molar-refractivity contribution is 5.95. The summed E-state index contributed by atoms with van der Waals surface area (Å²) in [4.78, 5) is 13.4. The fraction of sp³-hybridized carbons (Fsp3) is 0.133. The summed E-state index contributed by atoms with van der Waals surface area (Å²) in [6.45, 7) is 0. The number of hydrogen-bond acceptors (Lipinski definition) is 2. The molecule has 0 bridgehead atoms. The number of hydrogen-bond donors (Lipinski definition) is 2. The zero-order chi connectivity index (χ0) is 13.2. The molecule has 19 heavy (non-hydrogen) atoms. The van der Waals surface area contributed by atoms with E-state index < -0.39 is 12.3 Å². The molecule has 96 valence electrons. The lowest BCUT2D eigenvalue weighted by atomic mass is 10.1. The van der Waals surface area contributed by atoms with Crippen LogP contribution in [0.1, 0.15) is 11.6 Å². The van der Waals surface area contributed by atoms with Crippen molar-refractivity contribution in [1.29, 1.82) is 0 Å². The fourth-order valence-corrected chi connectivity index (χ4v) is 2.32. The summed E-state index contributed by atoms with van der Waals surface area (Å²) in [5.74, 6) is 0. The summed E-state index contributed by atoms with van der Waals surface area (Å²) in [6.07, 6.45) is -0.905. The standard InChI is InChI=1S/C15H14N2O2/c18-14-13(11-7-3-1-4-8-11)16-15(19)17(14)12-9-5-2-6-10-12/h1-10,13-14,18H,(H,16,19)/t13-,14-/m1/s1. The Balaban J connectivity index is 1.92. The highest BCUT2D eigenvalue weighted by Gasteiger charge is 2.39. The average molecular weight is 254 g/mol. The van der Waals surface area contributed by atoms with E-state index in [2.05, 4.69) is 5.32 Å². The van der Waals surface area contributed by atoms with Crippen LogP contribution in [0.25, 0.3) is 0 Å². The molecule has 0 spiro atoms. The fourth-order valence-electron chi connectivity index (χ4n) is 2.32. The Hall–Kier alpha value is -2.33. The Bertz CT molecular complexity index is 571. The van der Waals surface area contributed by atoms with Crippen LogP contribution >= 0.6 is 0 Å². The summed E-state index contributed by atoms with van der Waals surface area (Å²) in [5, 5.41) is 13.2. The van der Waals surface area contributed by atoms with E-state index in [1.54, 1.807) is 12.1 Å². The van der Waals surface area contributed by atoms with E-state index in [1.807, 2.05) is 48.5 Å². The number of aliphatic hydroxyl groups is 1. The van der Waals surface area contributed by atoms with Crippen LogP contribution in [-0.4, -0.2) is 17.4 Å². The smallest absolute Gasteiger partial charge is 0.324 e. The molecule has 4 heteroatoms. The number of aliphatic hydroxyl groups excluding tert-OH is 1. The van der Waals surface area contributed by atoms with Crippen LogP contribution in [0.4, 0.5) is 10.5 Å². The van der Waals surface area contributed by atoms with Crippen molar-refractivity contribution in [3.8, 4) is 0 Å². The number of urea groups is 1. The first-order valence-corrected chi connectivity index (χ1v) is 6.15. The molecule has 1 aliphatic rings. The van der Waals surface area contributed by atoms with E-state index in [4.69, 9.17) is 0 Å². The number of nitrogens with one attached hydrogen (secondary N) is 1. The van der Waals surface area contributed by atoms with Gasteiger partial charge in [0.1, 0.15) is 6.04 Å². The number of nitrogens with zero attached hydrogens (tertiary/aromatic N) is 1. The van der Waals surface area contributed by atoms with Crippen LogP contribution < -0.4 is 10.2 Å². The van der Waals surface area contributed by atoms with Crippen molar-refractivity contribution in [2.24, 2.45) is 0 Å². The number of para-hydroxylation sites is 1. The van der Waals surface area contributed by atoms with Gasteiger partial charge in [-0.2, -0.15) is 0 Å². The van der Waals surface area contributed by atoms with Crippen molar-refractivity contribution in [3.05, 3.63) is 66.2 Å². The van der Waals surface area contributed by atoms with E-state index in [9.17, 15) is 9.90 Å². The first kappa shape index (κ1) is 11.7. The summed E-state index contributed by atoms with van der Waals surface area (Å²) >= 11 is 0. The van der Waals surface area contributed by atoms with E-state index in [0.29, 0.717) is 5.69 Å². The molecule has 1 saturated heterocycles. The van der Waals surface area contributed by atoms with Crippen molar-refractivity contribution in [2.75, 3.05) is 4.90 Å². The predicted octanol–water partition coefficient (Wildman–Crippen LogP) is 2.28. The summed E-state index contributed by atoms with van der Waals surface area (Å²) in [7, 11) is 0. The van der Waals surface area contributed by atoms with Crippen LogP contribution in [0.5, 0.6) is 0 Å². The van der Waals surface area contributed by atoms with Gasteiger partial charge in [-0.1, -0.05) is 48.5 Å². The van der Waals surface area contributed by atoms with Gasteiger partial charge in [-0.25, -0.2) is 4.79 Å². The molecule has 2 amide bonds. The molecule has 3 rings (SSSR count). The largest absolute Gasteiger partial charge is 0.371 e. The molecule has 0 radical (unpaired) electrons. The SMILES string of the molecule is O=C1N[C@H](c2ccccc2)[C@@H](O)N1c1ccccc1. The molecular formula is C15H14N2O2. The number of carbonyl (C=O) groups is 1. The van der Waals surface area contributed by atoms with Gasteiger partial charge in [0.2, 0.25) is 0 Å². The maximum Gasteiger partial charge on any atom is 0.324 e. The van der Waals surface area contributed by atoms with E-state index in [0.717, 1.165) is 5.56 Å². The second-order valence-electron chi connectivity index (χ2n) is 4.46. The van der Waals surface area contributed by atoms with Crippen molar-refractivity contribution >= 4 is 11.7 Å². The summed E-state index contributed by atoms with van der Waals surface area (Å²) in [5.41, 5.74) is 1.58. The monoisotopic (exact) mass is 254 g/mol. The van der Waals surface area contributed by atoms with Gasteiger partial charge in [-0.15, -0.1) is 0 Å². The molecular weight excluding hydrogens is 240 g/mol. The van der Waals surface area contributed by atoms with E-state index in [1.165, 1.54) is 4.90 Å².